The SMILES string of the molecule is CC(C)n1cc(C(=O)C(=O)NCCN2CCCCC2)c2ccc([NH2+][O-])cc21. The second-order valence-electron chi connectivity index (χ2n) is 7.43. The quantitative estimate of drug-likeness (QED) is 0.335. The molecule has 1 aliphatic rings. The first-order valence-corrected chi connectivity index (χ1v) is 9.66. The smallest absolute Gasteiger partial charge is 0.292 e. The lowest BCUT2D eigenvalue weighted by atomic mass is 10.1. The predicted molar refractivity (Wildman–Crippen MR) is 105 cm³/mol. The summed E-state index contributed by atoms with van der Waals surface area (Å²) in [5.41, 5.74) is 2.50. The Morgan fingerprint density at radius 3 is 2.63 bits per heavy atom. The maximum absolute atomic E-state index is 12.7. The highest BCUT2D eigenvalue weighted by atomic mass is 16.5. The van der Waals surface area contributed by atoms with Crippen molar-refractivity contribution in [1.29, 1.82) is 0 Å². The van der Waals surface area contributed by atoms with Crippen LogP contribution in [0.1, 0.15) is 49.5 Å². The number of piperidine rings is 1. The zero-order valence-corrected chi connectivity index (χ0v) is 16.0. The van der Waals surface area contributed by atoms with Gasteiger partial charge in [0.1, 0.15) is 5.69 Å². The average Bonchev–Trinajstić information content (AvgIpc) is 3.07. The van der Waals surface area contributed by atoms with Crippen LogP contribution in [0.25, 0.3) is 10.9 Å². The maximum atomic E-state index is 12.7. The summed E-state index contributed by atoms with van der Waals surface area (Å²) in [6.45, 7) is 7.37. The molecule has 7 nitrogen and oxygen atoms in total. The van der Waals surface area contributed by atoms with E-state index in [1.807, 2.05) is 18.4 Å². The van der Waals surface area contributed by atoms with Gasteiger partial charge in [0.05, 0.1) is 11.1 Å². The molecule has 0 bridgehead atoms. The van der Waals surface area contributed by atoms with Crippen molar-refractivity contribution in [2.24, 2.45) is 0 Å². The summed E-state index contributed by atoms with van der Waals surface area (Å²) in [7, 11) is 0. The topological polar surface area (TPSA) is 94.0 Å². The molecule has 2 heterocycles. The molecule has 3 N–H and O–H groups in total. The molecular formula is C20H28N4O3. The molecule has 0 aliphatic carbocycles. The van der Waals surface area contributed by atoms with E-state index in [4.69, 9.17) is 0 Å². The maximum Gasteiger partial charge on any atom is 0.292 e. The van der Waals surface area contributed by atoms with Gasteiger partial charge in [-0.05, 0) is 45.8 Å². The molecular weight excluding hydrogens is 344 g/mol. The number of nitrogens with one attached hydrogen (secondary N) is 1. The van der Waals surface area contributed by atoms with Gasteiger partial charge in [-0.2, -0.15) is 0 Å². The fourth-order valence-corrected chi connectivity index (χ4v) is 3.66. The van der Waals surface area contributed by atoms with Gasteiger partial charge in [0.2, 0.25) is 0 Å². The molecule has 0 radical (unpaired) electrons. The van der Waals surface area contributed by atoms with Crippen molar-refractivity contribution >= 4 is 28.3 Å². The Bertz CT molecular complexity index is 822. The number of nitrogens with zero attached hydrogens (tertiary/aromatic N) is 2. The number of hydrogen-bond donors (Lipinski definition) is 2. The molecule has 0 saturated carbocycles. The van der Waals surface area contributed by atoms with Crippen LogP contribution in [0.5, 0.6) is 0 Å². The minimum atomic E-state index is -0.575. The number of carbonyl (C=O) groups is 2. The number of benzene rings is 1. The molecule has 1 aromatic carbocycles. The van der Waals surface area contributed by atoms with Crippen LogP contribution in [0, 0.1) is 5.21 Å². The van der Waals surface area contributed by atoms with E-state index in [1.54, 1.807) is 24.4 Å². The highest BCUT2D eigenvalue weighted by Gasteiger charge is 2.23. The molecule has 0 unspecified atom stereocenters. The van der Waals surface area contributed by atoms with Crippen LogP contribution in [0.3, 0.4) is 0 Å². The number of quaternary nitrogens is 1. The first-order valence-electron chi connectivity index (χ1n) is 9.66. The standard InChI is InChI=1S/C20H28N4O3/c1-14(2)24-13-17(16-7-6-15(22-27)12-18(16)24)19(25)20(26)21-8-11-23-9-4-3-5-10-23/h6-7,12-14H,3-5,8-11,22H2,1-2H3,(H,21,26). The molecule has 1 aliphatic heterocycles. The number of aromatic nitrogens is 1. The van der Waals surface area contributed by atoms with Crippen LogP contribution in [-0.4, -0.2) is 47.3 Å². The molecule has 146 valence electrons. The van der Waals surface area contributed by atoms with Gasteiger partial charge >= 0.3 is 0 Å². The summed E-state index contributed by atoms with van der Waals surface area (Å²) < 4.78 is 1.93. The zero-order valence-electron chi connectivity index (χ0n) is 16.0. The Morgan fingerprint density at radius 1 is 1.22 bits per heavy atom. The van der Waals surface area contributed by atoms with E-state index in [1.165, 1.54) is 19.3 Å². The molecule has 1 fully saturated rings. The lowest BCUT2D eigenvalue weighted by Gasteiger charge is -2.26. The largest absolute Gasteiger partial charge is 0.630 e. The van der Waals surface area contributed by atoms with Crippen LogP contribution in [-0.2, 0) is 4.79 Å². The number of amides is 1. The van der Waals surface area contributed by atoms with Crippen molar-refractivity contribution in [2.75, 3.05) is 26.2 Å². The Morgan fingerprint density at radius 2 is 1.96 bits per heavy atom. The minimum absolute atomic E-state index is 0.109. The molecule has 2 aromatic rings. The molecule has 0 atom stereocenters. The Balaban J connectivity index is 1.73. The zero-order chi connectivity index (χ0) is 19.4. The van der Waals surface area contributed by atoms with Gasteiger partial charge in [-0.3, -0.25) is 9.59 Å². The van der Waals surface area contributed by atoms with Gasteiger partial charge in [0.15, 0.2) is 0 Å². The van der Waals surface area contributed by atoms with E-state index < -0.39 is 11.7 Å². The lowest BCUT2D eigenvalue weighted by molar-refractivity contribution is -0.497. The van der Waals surface area contributed by atoms with Gasteiger partial charge in [-0.25, -0.2) is 0 Å². The van der Waals surface area contributed by atoms with Crippen LogP contribution in [0.15, 0.2) is 24.4 Å². The van der Waals surface area contributed by atoms with Crippen LogP contribution in [0.4, 0.5) is 5.69 Å². The normalized spacial score (nSPS) is 15.4. The van der Waals surface area contributed by atoms with Crippen molar-refractivity contribution in [3.63, 3.8) is 0 Å². The molecule has 1 aromatic heterocycles. The van der Waals surface area contributed by atoms with Crippen molar-refractivity contribution < 1.29 is 15.1 Å². The number of hydrogen-bond acceptors (Lipinski definition) is 4. The Hall–Kier alpha value is -2.22. The highest BCUT2D eigenvalue weighted by molar-refractivity contribution is 6.45. The van der Waals surface area contributed by atoms with E-state index in [9.17, 15) is 14.8 Å². The highest BCUT2D eigenvalue weighted by Crippen LogP contribution is 2.26. The number of Topliss-reactive ketones (excluding diaryl/α,β-unsaturated/α-hetero) is 1. The third-order valence-corrected chi connectivity index (χ3v) is 5.16. The summed E-state index contributed by atoms with van der Waals surface area (Å²) in [5.74, 6) is -1.11. The summed E-state index contributed by atoms with van der Waals surface area (Å²) in [6.07, 6.45) is 5.39. The van der Waals surface area contributed by atoms with Gasteiger partial charge in [0, 0.05) is 42.8 Å². The van der Waals surface area contributed by atoms with Crippen molar-refractivity contribution in [3.8, 4) is 0 Å². The van der Waals surface area contributed by atoms with Crippen molar-refractivity contribution in [3.05, 3.63) is 35.2 Å². The number of carbonyl (C=O) groups excluding carboxylic acids is 2. The molecule has 7 heteroatoms. The molecule has 1 saturated heterocycles. The van der Waals surface area contributed by atoms with E-state index >= 15 is 0 Å². The first-order chi connectivity index (χ1) is 13.0. The van der Waals surface area contributed by atoms with E-state index in [0.29, 0.717) is 23.2 Å². The van der Waals surface area contributed by atoms with Crippen molar-refractivity contribution in [2.45, 2.75) is 39.2 Å². The van der Waals surface area contributed by atoms with Gasteiger partial charge < -0.3 is 25.5 Å². The van der Waals surface area contributed by atoms with Crippen LogP contribution in [0.2, 0.25) is 0 Å². The summed E-state index contributed by atoms with van der Waals surface area (Å²) in [6, 6.07) is 5.28. The number of likely N-dealkylation sites (tertiary alicyclic amines) is 1. The number of fused-ring (bicyclic) bond motifs is 1. The van der Waals surface area contributed by atoms with E-state index in [2.05, 4.69) is 10.2 Å². The van der Waals surface area contributed by atoms with Gasteiger partial charge in [-0.15, -0.1) is 0 Å². The van der Waals surface area contributed by atoms with Crippen molar-refractivity contribution in [1.82, 2.24) is 14.8 Å². The molecule has 27 heavy (non-hydrogen) atoms. The fourth-order valence-electron chi connectivity index (χ4n) is 3.66. The van der Waals surface area contributed by atoms with E-state index in [0.717, 1.165) is 30.6 Å². The molecule has 0 spiro atoms. The second kappa shape index (κ2) is 8.65. The van der Waals surface area contributed by atoms with Crippen LogP contribution < -0.4 is 10.8 Å². The van der Waals surface area contributed by atoms with Gasteiger partial charge in [0.25, 0.3) is 11.7 Å². The number of rotatable bonds is 7. The Kier molecular flexibility index (Phi) is 6.26. The molecule has 3 rings (SSSR count). The Labute approximate surface area is 159 Å². The molecule has 1 amide bonds. The predicted octanol–water partition coefficient (Wildman–Crippen LogP) is 1.70. The second-order valence-corrected chi connectivity index (χ2v) is 7.43. The third-order valence-electron chi connectivity index (χ3n) is 5.16. The monoisotopic (exact) mass is 372 g/mol. The number of nitrogens with two attached hydrogens (primary N) is 1. The summed E-state index contributed by atoms with van der Waals surface area (Å²) in [4.78, 5) is 27.4. The fraction of sp³-hybridized carbons (Fsp3) is 0.500. The van der Waals surface area contributed by atoms with Gasteiger partial charge in [-0.1, -0.05) is 6.42 Å². The number of ketones is 1. The minimum Gasteiger partial charge on any atom is -0.630 e. The average molecular weight is 372 g/mol. The summed E-state index contributed by atoms with van der Waals surface area (Å²) in [5, 5.41) is 14.5. The first kappa shape index (κ1) is 19.5. The third kappa shape index (κ3) is 4.37. The summed E-state index contributed by atoms with van der Waals surface area (Å²) >= 11 is 0. The lowest BCUT2D eigenvalue weighted by Crippen LogP contribution is -2.70. The van der Waals surface area contributed by atoms with Crippen LogP contribution >= 0.6 is 0 Å². The van der Waals surface area contributed by atoms with E-state index in [-0.39, 0.29) is 6.04 Å².